The lowest BCUT2D eigenvalue weighted by Crippen LogP contribution is -1.91. The van der Waals surface area contributed by atoms with Crippen molar-refractivity contribution in [3.63, 3.8) is 0 Å². The minimum Gasteiger partial charge on any atom is -0.344 e. The van der Waals surface area contributed by atoms with Crippen LogP contribution in [0.4, 0.5) is 0 Å². The van der Waals surface area contributed by atoms with E-state index in [1.807, 2.05) is 0 Å². The van der Waals surface area contributed by atoms with Gasteiger partial charge in [-0.15, -0.1) is 0 Å². The van der Waals surface area contributed by atoms with Crippen molar-refractivity contribution < 1.29 is 0 Å². The Labute approximate surface area is 266 Å². The van der Waals surface area contributed by atoms with Crippen molar-refractivity contribution in [1.82, 2.24) is 9.13 Å². The SMILES string of the molecule is Cn1c(-c2ccc3ccccc3c2)cc2c3ccc4c(ccc5c4ccc4c5cc(-c5ccc6ccccc6c5)n4C)c3ccc21. The highest BCUT2D eigenvalue weighted by molar-refractivity contribution is 6.25. The first kappa shape index (κ1) is 25.5. The van der Waals surface area contributed by atoms with Gasteiger partial charge in [0.1, 0.15) is 0 Å². The molecule has 10 rings (SSSR count). The van der Waals surface area contributed by atoms with Crippen LogP contribution in [0.1, 0.15) is 0 Å². The fourth-order valence-corrected chi connectivity index (χ4v) is 7.93. The Morgan fingerprint density at radius 2 is 0.652 bits per heavy atom. The molecule has 2 heteroatoms. The first-order chi connectivity index (χ1) is 22.6. The molecule has 0 aliphatic carbocycles. The van der Waals surface area contributed by atoms with E-state index < -0.39 is 0 Å². The minimum atomic E-state index is 1.24. The molecule has 0 atom stereocenters. The molecule has 0 bridgehead atoms. The van der Waals surface area contributed by atoms with Crippen molar-refractivity contribution >= 4 is 75.7 Å². The summed E-state index contributed by atoms with van der Waals surface area (Å²) in [5, 5.41) is 15.5. The highest BCUT2D eigenvalue weighted by atomic mass is 14.9. The minimum absolute atomic E-state index is 1.24. The largest absolute Gasteiger partial charge is 0.344 e. The quantitative estimate of drug-likeness (QED) is 0.178. The molecule has 2 heterocycles. The van der Waals surface area contributed by atoms with E-state index >= 15 is 0 Å². The Morgan fingerprint density at radius 1 is 0.304 bits per heavy atom. The summed E-state index contributed by atoms with van der Waals surface area (Å²) in [6.07, 6.45) is 0. The van der Waals surface area contributed by atoms with E-state index in [4.69, 9.17) is 0 Å². The van der Waals surface area contributed by atoms with Crippen LogP contribution < -0.4 is 0 Å². The topological polar surface area (TPSA) is 9.86 Å². The molecular formula is C44H30N2. The van der Waals surface area contributed by atoms with Gasteiger partial charge in [-0.3, -0.25) is 0 Å². The van der Waals surface area contributed by atoms with Gasteiger partial charge in [-0.05, 0) is 101 Å². The third kappa shape index (κ3) is 3.53. The molecule has 0 N–H and O–H groups in total. The van der Waals surface area contributed by atoms with Gasteiger partial charge >= 0.3 is 0 Å². The van der Waals surface area contributed by atoms with E-state index in [2.05, 4.69) is 169 Å². The van der Waals surface area contributed by atoms with Gasteiger partial charge in [0, 0.05) is 47.3 Å². The summed E-state index contributed by atoms with van der Waals surface area (Å²) in [5.41, 5.74) is 7.46. The lowest BCUT2D eigenvalue weighted by atomic mass is 9.94. The van der Waals surface area contributed by atoms with Crippen LogP contribution in [0.15, 0.2) is 146 Å². The molecule has 0 aliphatic heterocycles. The zero-order valence-corrected chi connectivity index (χ0v) is 25.8. The lowest BCUT2D eigenvalue weighted by Gasteiger charge is -2.10. The second kappa shape index (κ2) is 9.32. The van der Waals surface area contributed by atoms with Crippen LogP contribution in [-0.4, -0.2) is 9.13 Å². The zero-order chi connectivity index (χ0) is 30.5. The Bertz CT molecular complexity index is 2680. The molecule has 0 aliphatic rings. The number of hydrogen-bond donors (Lipinski definition) is 0. The number of fused-ring (bicyclic) bond motifs is 11. The molecule has 0 radical (unpaired) electrons. The second-order valence-electron chi connectivity index (χ2n) is 12.7. The molecule has 0 fully saturated rings. The van der Waals surface area contributed by atoms with E-state index in [1.54, 1.807) is 0 Å². The summed E-state index contributed by atoms with van der Waals surface area (Å²) in [7, 11) is 4.37. The Kier molecular flexibility index (Phi) is 5.16. The lowest BCUT2D eigenvalue weighted by molar-refractivity contribution is 0.979. The van der Waals surface area contributed by atoms with E-state index in [9.17, 15) is 0 Å². The first-order valence-corrected chi connectivity index (χ1v) is 16.0. The summed E-state index contributed by atoms with van der Waals surface area (Å²) >= 11 is 0. The van der Waals surface area contributed by atoms with Gasteiger partial charge in [0.15, 0.2) is 0 Å². The van der Waals surface area contributed by atoms with E-state index in [-0.39, 0.29) is 0 Å². The van der Waals surface area contributed by atoms with Crippen molar-refractivity contribution in [2.24, 2.45) is 14.1 Å². The number of hydrogen-bond acceptors (Lipinski definition) is 0. The Hall–Kier alpha value is -5.86. The average Bonchev–Trinajstić information content (AvgIpc) is 3.63. The molecule has 46 heavy (non-hydrogen) atoms. The highest BCUT2D eigenvalue weighted by Gasteiger charge is 2.16. The van der Waals surface area contributed by atoms with Gasteiger partial charge in [0.25, 0.3) is 0 Å². The number of aromatic nitrogens is 2. The van der Waals surface area contributed by atoms with E-state index in [0.29, 0.717) is 0 Å². The maximum absolute atomic E-state index is 2.37. The van der Waals surface area contributed by atoms with Crippen molar-refractivity contribution in [1.29, 1.82) is 0 Å². The van der Waals surface area contributed by atoms with E-state index in [1.165, 1.54) is 98.2 Å². The average molecular weight is 587 g/mol. The van der Waals surface area contributed by atoms with Crippen molar-refractivity contribution in [3.05, 3.63) is 146 Å². The molecule has 0 unspecified atom stereocenters. The zero-order valence-electron chi connectivity index (χ0n) is 25.8. The monoisotopic (exact) mass is 586 g/mol. The predicted octanol–water partition coefficient (Wildman–Crippen LogP) is 11.8. The van der Waals surface area contributed by atoms with Crippen molar-refractivity contribution in [3.8, 4) is 22.5 Å². The van der Waals surface area contributed by atoms with Crippen LogP contribution in [0.5, 0.6) is 0 Å². The van der Waals surface area contributed by atoms with E-state index in [0.717, 1.165) is 0 Å². The molecule has 0 saturated carbocycles. The summed E-state index contributed by atoms with van der Waals surface area (Å²) in [6, 6.07) is 54.0. The fraction of sp³-hybridized carbons (Fsp3) is 0.0455. The third-order valence-corrected chi connectivity index (χ3v) is 10.3. The van der Waals surface area contributed by atoms with Gasteiger partial charge in [0.05, 0.1) is 0 Å². The molecular weight excluding hydrogens is 556 g/mol. The molecule has 10 aromatic rings. The molecule has 8 aromatic carbocycles. The predicted molar refractivity (Wildman–Crippen MR) is 198 cm³/mol. The maximum Gasteiger partial charge on any atom is 0.0489 e. The Balaban J connectivity index is 1.15. The number of benzene rings is 8. The smallest absolute Gasteiger partial charge is 0.0489 e. The van der Waals surface area contributed by atoms with Crippen LogP contribution >= 0.6 is 0 Å². The number of nitrogens with zero attached hydrogens (tertiary/aromatic N) is 2. The van der Waals surface area contributed by atoms with Gasteiger partial charge in [-0.2, -0.15) is 0 Å². The van der Waals surface area contributed by atoms with Gasteiger partial charge in [-0.1, -0.05) is 109 Å². The van der Waals surface area contributed by atoms with Crippen LogP contribution in [0.3, 0.4) is 0 Å². The third-order valence-electron chi connectivity index (χ3n) is 10.3. The van der Waals surface area contributed by atoms with Gasteiger partial charge in [0.2, 0.25) is 0 Å². The molecule has 0 spiro atoms. The standard InChI is InChI=1S/C44H30N2/c1-45-41-21-19-35-33-16-18-38-36(20-22-42-40(38)26-44(46(42)2)32-14-12-28-8-4-6-10-30(28)24-32)34(33)15-17-37(35)39(41)25-43(45)31-13-11-27-7-3-5-9-29(27)23-31/h3-26H,1-2H3. The molecule has 2 nitrogen and oxygen atoms in total. The summed E-state index contributed by atoms with van der Waals surface area (Å²) < 4.78 is 4.67. The fourth-order valence-electron chi connectivity index (χ4n) is 7.93. The molecule has 2 aromatic heterocycles. The summed E-state index contributed by atoms with van der Waals surface area (Å²) in [6.45, 7) is 0. The summed E-state index contributed by atoms with van der Waals surface area (Å²) in [5.74, 6) is 0. The normalized spacial score (nSPS) is 12.1. The van der Waals surface area contributed by atoms with Crippen molar-refractivity contribution in [2.45, 2.75) is 0 Å². The van der Waals surface area contributed by atoms with Crippen LogP contribution in [0, 0.1) is 0 Å². The highest BCUT2D eigenvalue weighted by Crippen LogP contribution is 2.40. The maximum atomic E-state index is 2.37. The van der Waals surface area contributed by atoms with Gasteiger partial charge in [-0.25, -0.2) is 0 Å². The van der Waals surface area contributed by atoms with Crippen molar-refractivity contribution in [2.75, 3.05) is 0 Å². The Morgan fingerprint density at radius 3 is 1.07 bits per heavy atom. The molecule has 0 amide bonds. The van der Waals surface area contributed by atoms with Gasteiger partial charge < -0.3 is 9.13 Å². The number of aryl methyl sites for hydroxylation is 2. The van der Waals surface area contributed by atoms with Crippen LogP contribution in [0.25, 0.3) is 98.2 Å². The second-order valence-corrected chi connectivity index (χ2v) is 12.7. The molecule has 0 saturated heterocycles. The van der Waals surface area contributed by atoms with Crippen LogP contribution in [0.2, 0.25) is 0 Å². The van der Waals surface area contributed by atoms with Crippen LogP contribution in [-0.2, 0) is 14.1 Å². The molecule has 216 valence electrons. The first-order valence-electron chi connectivity index (χ1n) is 16.0. The summed E-state index contributed by atoms with van der Waals surface area (Å²) in [4.78, 5) is 0. The number of rotatable bonds is 2.